The number of imidazole rings is 1. The molecule has 19 heavy (non-hydrogen) atoms. The number of carboxylic acids is 1. The molecular formula is C14H17N3O2. The molecule has 100 valence electrons. The van der Waals surface area contributed by atoms with E-state index in [2.05, 4.69) is 17.2 Å². The number of carboxylic acid groups (broad SMARTS) is 1. The number of hydrogen-bond donors (Lipinski definition) is 2. The number of aryl methyl sites for hydroxylation is 1. The Balaban J connectivity index is 2.03. The Morgan fingerprint density at radius 3 is 2.89 bits per heavy atom. The number of nitrogens with one attached hydrogen (secondary N) is 1. The van der Waals surface area contributed by atoms with Gasteiger partial charge < -0.3 is 15.0 Å². The monoisotopic (exact) mass is 259 g/mol. The molecule has 1 atom stereocenters. The predicted octanol–water partition coefficient (Wildman–Crippen LogP) is 2.39. The van der Waals surface area contributed by atoms with Crippen molar-refractivity contribution in [3.63, 3.8) is 0 Å². The first kappa shape index (κ1) is 13.1. The van der Waals surface area contributed by atoms with E-state index in [0.717, 1.165) is 17.8 Å². The molecule has 0 aliphatic rings. The molecule has 0 amide bonds. The van der Waals surface area contributed by atoms with Crippen LogP contribution in [0, 0.1) is 6.92 Å². The maximum absolute atomic E-state index is 10.9. The van der Waals surface area contributed by atoms with E-state index in [1.165, 1.54) is 0 Å². The summed E-state index contributed by atoms with van der Waals surface area (Å²) in [6.07, 6.45) is 5.44. The Morgan fingerprint density at radius 2 is 2.32 bits per heavy atom. The average molecular weight is 259 g/mol. The summed E-state index contributed by atoms with van der Waals surface area (Å²) in [5, 5.41) is 12.3. The minimum atomic E-state index is -0.893. The molecule has 1 aromatic carbocycles. The minimum Gasteiger partial charge on any atom is -0.478 e. The molecule has 0 radical (unpaired) electrons. The Hall–Kier alpha value is -2.30. The molecule has 2 N–H and O–H groups in total. The quantitative estimate of drug-likeness (QED) is 0.865. The van der Waals surface area contributed by atoms with Crippen molar-refractivity contribution < 1.29 is 9.90 Å². The number of benzene rings is 1. The summed E-state index contributed by atoms with van der Waals surface area (Å²) in [4.78, 5) is 14.9. The van der Waals surface area contributed by atoms with E-state index < -0.39 is 5.97 Å². The number of aromatic nitrogens is 2. The Bertz CT molecular complexity index is 564. The van der Waals surface area contributed by atoms with E-state index in [9.17, 15) is 4.79 Å². The van der Waals surface area contributed by atoms with Gasteiger partial charge in [-0.2, -0.15) is 0 Å². The number of carbonyl (C=O) groups is 1. The lowest BCUT2D eigenvalue weighted by molar-refractivity contribution is 0.0696. The van der Waals surface area contributed by atoms with Crippen molar-refractivity contribution in [3.8, 4) is 0 Å². The maximum atomic E-state index is 10.9. The zero-order valence-electron chi connectivity index (χ0n) is 11.0. The third-order valence-electron chi connectivity index (χ3n) is 2.91. The summed E-state index contributed by atoms with van der Waals surface area (Å²) in [6.45, 7) is 4.68. The Kier molecular flexibility index (Phi) is 3.85. The van der Waals surface area contributed by atoms with Gasteiger partial charge in [-0.25, -0.2) is 9.78 Å². The lowest BCUT2D eigenvalue weighted by atomic mass is 10.1. The second-order valence-electron chi connectivity index (χ2n) is 4.64. The first-order chi connectivity index (χ1) is 9.06. The molecule has 0 aliphatic carbocycles. The highest BCUT2D eigenvalue weighted by molar-refractivity contribution is 5.89. The lowest BCUT2D eigenvalue weighted by Crippen LogP contribution is -2.21. The van der Waals surface area contributed by atoms with Crippen LogP contribution in [0.1, 0.15) is 22.8 Å². The van der Waals surface area contributed by atoms with Crippen LogP contribution in [0.15, 0.2) is 36.9 Å². The van der Waals surface area contributed by atoms with Gasteiger partial charge in [0.15, 0.2) is 0 Å². The second kappa shape index (κ2) is 5.56. The summed E-state index contributed by atoms with van der Waals surface area (Å²) >= 11 is 0. The summed E-state index contributed by atoms with van der Waals surface area (Å²) in [5.74, 6) is -0.893. The maximum Gasteiger partial charge on any atom is 0.335 e. The number of aromatic carboxylic acids is 1. The van der Waals surface area contributed by atoms with E-state index in [1.54, 1.807) is 31.6 Å². The fourth-order valence-corrected chi connectivity index (χ4v) is 2.03. The third-order valence-corrected chi connectivity index (χ3v) is 2.91. The molecule has 0 spiro atoms. The van der Waals surface area contributed by atoms with Crippen LogP contribution in [0.5, 0.6) is 0 Å². The van der Waals surface area contributed by atoms with Crippen molar-refractivity contribution in [2.24, 2.45) is 0 Å². The standard InChI is InChI=1S/C14H17N3O2/c1-10-7-12(3-4-13(10)14(18)19)16-11(2)8-17-6-5-15-9-17/h3-7,9,11,16H,8H2,1-2H3,(H,18,19). The van der Waals surface area contributed by atoms with Gasteiger partial charge in [0, 0.05) is 30.7 Å². The molecule has 2 rings (SSSR count). The predicted molar refractivity (Wildman–Crippen MR) is 73.5 cm³/mol. The highest BCUT2D eigenvalue weighted by Crippen LogP contribution is 2.16. The normalized spacial score (nSPS) is 12.1. The fourth-order valence-electron chi connectivity index (χ4n) is 2.03. The van der Waals surface area contributed by atoms with Crippen LogP contribution in [-0.4, -0.2) is 26.7 Å². The number of nitrogens with zero attached hydrogens (tertiary/aromatic N) is 2. The number of rotatable bonds is 5. The molecule has 0 bridgehead atoms. The van der Waals surface area contributed by atoms with Crippen molar-refractivity contribution >= 4 is 11.7 Å². The van der Waals surface area contributed by atoms with Gasteiger partial charge in [-0.15, -0.1) is 0 Å². The molecule has 1 heterocycles. The van der Waals surface area contributed by atoms with Crippen molar-refractivity contribution in [2.45, 2.75) is 26.4 Å². The van der Waals surface area contributed by atoms with Crippen LogP contribution >= 0.6 is 0 Å². The van der Waals surface area contributed by atoms with Crippen LogP contribution in [0.2, 0.25) is 0 Å². The second-order valence-corrected chi connectivity index (χ2v) is 4.64. The zero-order chi connectivity index (χ0) is 13.8. The Morgan fingerprint density at radius 1 is 1.53 bits per heavy atom. The first-order valence-electron chi connectivity index (χ1n) is 6.12. The van der Waals surface area contributed by atoms with Gasteiger partial charge in [0.25, 0.3) is 0 Å². The SMILES string of the molecule is Cc1cc(NC(C)Cn2ccnc2)ccc1C(=O)O. The van der Waals surface area contributed by atoms with Crippen LogP contribution in [-0.2, 0) is 6.54 Å². The van der Waals surface area contributed by atoms with Gasteiger partial charge in [-0.05, 0) is 37.6 Å². The van der Waals surface area contributed by atoms with Crippen LogP contribution < -0.4 is 5.32 Å². The first-order valence-corrected chi connectivity index (χ1v) is 6.12. The van der Waals surface area contributed by atoms with E-state index in [1.807, 2.05) is 16.8 Å². The summed E-state index contributed by atoms with van der Waals surface area (Å²) in [6, 6.07) is 5.50. The van der Waals surface area contributed by atoms with E-state index in [0.29, 0.717) is 5.56 Å². The molecule has 2 aromatic rings. The zero-order valence-corrected chi connectivity index (χ0v) is 11.0. The number of hydrogen-bond acceptors (Lipinski definition) is 3. The van der Waals surface area contributed by atoms with E-state index in [4.69, 9.17) is 5.11 Å². The van der Waals surface area contributed by atoms with Gasteiger partial charge >= 0.3 is 5.97 Å². The molecule has 5 heteroatoms. The third kappa shape index (κ3) is 3.34. The smallest absolute Gasteiger partial charge is 0.335 e. The Labute approximate surface area is 111 Å². The molecular weight excluding hydrogens is 242 g/mol. The van der Waals surface area contributed by atoms with Gasteiger partial charge in [0.1, 0.15) is 0 Å². The van der Waals surface area contributed by atoms with Gasteiger partial charge in [-0.1, -0.05) is 0 Å². The van der Waals surface area contributed by atoms with Crippen LogP contribution in [0.3, 0.4) is 0 Å². The molecule has 0 fully saturated rings. The van der Waals surface area contributed by atoms with Gasteiger partial charge in [0.2, 0.25) is 0 Å². The fraction of sp³-hybridized carbons (Fsp3) is 0.286. The highest BCUT2D eigenvalue weighted by atomic mass is 16.4. The number of anilines is 1. The summed E-state index contributed by atoms with van der Waals surface area (Å²) in [5.41, 5.74) is 2.02. The van der Waals surface area contributed by atoms with Gasteiger partial charge in [-0.3, -0.25) is 0 Å². The lowest BCUT2D eigenvalue weighted by Gasteiger charge is -2.16. The highest BCUT2D eigenvalue weighted by Gasteiger charge is 2.08. The molecule has 0 saturated heterocycles. The van der Waals surface area contributed by atoms with Crippen molar-refractivity contribution in [3.05, 3.63) is 48.0 Å². The van der Waals surface area contributed by atoms with Crippen molar-refractivity contribution in [1.82, 2.24) is 9.55 Å². The van der Waals surface area contributed by atoms with Crippen molar-refractivity contribution in [2.75, 3.05) is 5.32 Å². The van der Waals surface area contributed by atoms with Gasteiger partial charge in [0.05, 0.1) is 11.9 Å². The van der Waals surface area contributed by atoms with Crippen molar-refractivity contribution in [1.29, 1.82) is 0 Å². The van der Waals surface area contributed by atoms with Crippen LogP contribution in [0.4, 0.5) is 5.69 Å². The summed E-state index contributed by atoms with van der Waals surface area (Å²) in [7, 11) is 0. The average Bonchev–Trinajstić information content (AvgIpc) is 2.81. The minimum absolute atomic E-state index is 0.226. The van der Waals surface area contributed by atoms with E-state index in [-0.39, 0.29) is 6.04 Å². The van der Waals surface area contributed by atoms with Crippen LogP contribution in [0.25, 0.3) is 0 Å². The molecule has 1 unspecified atom stereocenters. The van der Waals surface area contributed by atoms with E-state index >= 15 is 0 Å². The molecule has 5 nitrogen and oxygen atoms in total. The molecule has 0 aliphatic heterocycles. The topological polar surface area (TPSA) is 67.2 Å². The summed E-state index contributed by atoms with van der Waals surface area (Å²) < 4.78 is 2.00. The largest absolute Gasteiger partial charge is 0.478 e. The molecule has 1 aromatic heterocycles. The molecule has 0 saturated carbocycles.